The summed E-state index contributed by atoms with van der Waals surface area (Å²) in [5.74, 6) is -0.101. The SMILES string of the molecule is C=C/C=C1/NC(=O)C(=C\c2ccc(Cl)cc2)/C1=C/C. The van der Waals surface area contributed by atoms with E-state index in [1.54, 1.807) is 24.3 Å². The van der Waals surface area contributed by atoms with E-state index < -0.39 is 0 Å². The highest BCUT2D eigenvalue weighted by molar-refractivity contribution is 6.30. The summed E-state index contributed by atoms with van der Waals surface area (Å²) in [6.07, 6.45) is 7.21. The molecule has 0 aromatic heterocycles. The Hall–Kier alpha value is -2.06. The normalized spacial score (nSPS) is 21.2. The van der Waals surface area contributed by atoms with Gasteiger partial charge in [-0.25, -0.2) is 0 Å². The van der Waals surface area contributed by atoms with Crippen LogP contribution in [0.2, 0.25) is 5.02 Å². The largest absolute Gasteiger partial charge is 0.321 e. The molecule has 1 aromatic rings. The summed E-state index contributed by atoms with van der Waals surface area (Å²) in [7, 11) is 0. The Morgan fingerprint density at radius 3 is 2.47 bits per heavy atom. The molecule has 2 nitrogen and oxygen atoms in total. The van der Waals surface area contributed by atoms with Crippen molar-refractivity contribution in [1.29, 1.82) is 0 Å². The zero-order valence-corrected chi connectivity index (χ0v) is 11.4. The molecule has 0 unspecified atom stereocenters. The van der Waals surface area contributed by atoms with Gasteiger partial charge in [-0.2, -0.15) is 0 Å². The van der Waals surface area contributed by atoms with E-state index in [0.717, 1.165) is 16.8 Å². The number of carbonyl (C=O) groups excluding carboxylic acids is 1. The lowest BCUT2D eigenvalue weighted by molar-refractivity contribution is -0.115. The third-order valence-corrected chi connectivity index (χ3v) is 3.08. The van der Waals surface area contributed by atoms with Crippen molar-refractivity contribution in [3.05, 3.63) is 76.5 Å². The maximum Gasteiger partial charge on any atom is 0.256 e. The monoisotopic (exact) mass is 271 g/mol. The van der Waals surface area contributed by atoms with E-state index in [2.05, 4.69) is 11.9 Å². The second-order valence-corrected chi connectivity index (χ2v) is 4.52. The van der Waals surface area contributed by atoms with Crippen LogP contribution in [-0.4, -0.2) is 5.91 Å². The second kappa shape index (κ2) is 5.72. The number of carbonyl (C=O) groups is 1. The number of halogens is 1. The van der Waals surface area contributed by atoms with Crippen LogP contribution in [0.4, 0.5) is 0 Å². The molecule has 0 saturated carbocycles. The molecule has 1 N–H and O–H groups in total. The van der Waals surface area contributed by atoms with Crippen molar-refractivity contribution in [2.45, 2.75) is 6.92 Å². The van der Waals surface area contributed by atoms with E-state index in [-0.39, 0.29) is 5.91 Å². The number of rotatable bonds is 2. The number of hydrogen-bond acceptors (Lipinski definition) is 1. The predicted octanol–water partition coefficient (Wildman–Crippen LogP) is 3.87. The van der Waals surface area contributed by atoms with Crippen LogP contribution in [0.1, 0.15) is 12.5 Å². The molecule has 1 aliphatic heterocycles. The van der Waals surface area contributed by atoms with Gasteiger partial charge in [0.1, 0.15) is 0 Å². The Balaban J connectivity index is 2.43. The first kappa shape index (κ1) is 13.4. The molecule has 0 spiro atoms. The third kappa shape index (κ3) is 2.85. The molecule has 0 atom stereocenters. The first-order chi connectivity index (χ1) is 9.15. The van der Waals surface area contributed by atoms with Gasteiger partial charge in [0.15, 0.2) is 0 Å². The Labute approximate surface area is 117 Å². The standard InChI is InChI=1S/C16H14ClNO/c1-3-5-15-13(4-2)14(16(19)18-15)10-11-6-8-12(17)9-7-11/h3-10H,1H2,2H3,(H,18,19)/b13-4-,14-10-,15-5+. The average Bonchev–Trinajstić information content (AvgIpc) is 2.69. The predicted molar refractivity (Wildman–Crippen MR) is 79.6 cm³/mol. The van der Waals surface area contributed by atoms with E-state index in [1.165, 1.54) is 0 Å². The van der Waals surface area contributed by atoms with Crippen LogP contribution in [0.3, 0.4) is 0 Å². The maximum atomic E-state index is 12.0. The molecule has 19 heavy (non-hydrogen) atoms. The van der Waals surface area contributed by atoms with Gasteiger partial charge in [0.05, 0.1) is 0 Å². The van der Waals surface area contributed by atoms with Crippen LogP contribution in [0, 0.1) is 0 Å². The molecule has 3 heteroatoms. The minimum absolute atomic E-state index is 0.101. The zero-order valence-electron chi connectivity index (χ0n) is 10.6. The van der Waals surface area contributed by atoms with Crippen molar-refractivity contribution in [3.63, 3.8) is 0 Å². The molecular weight excluding hydrogens is 258 g/mol. The molecule has 1 saturated heterocycles. The molecule has 1 fully saturated rings. The fourth-order valence-electron chi connectivity index (χ4n) is 1.95. The van der Waals surface area contributed by atoms with Crippen molar-refractivity contribution in [1.82, 2.24) is 5.32 Å². The highest BCUT2D eigenvalue weighted by atomic mass is 35.5. The third-order valence-electron chi connectivity index (χ3n) is 2.83. The summed E-state index contributed by atoms with van der Waals surface area (Å²) in [6, 6.07) is 7.36. The summed E-state index contributed by atoms with van der Waals surface area (Å²) in [5.41, 5.74) is 3.26. The van der Waals surface area contributed by atoms with Crippen LogP contribution in [-0.2, 0) is 4.79 Å². The quantitative estimate of drug-likeness (QED) is 0.813. The molecule has 1 aromatic carbocycles. The van der Waals surface area contributed by atoms with Crippen LogP contribution in [0.5, 0.6) is 0 Å². The van der Waals surface area contributed by atoms with Gasteiger partial charge in [-0.1, -0.05) is 42.5 Å². The molecule has 96 valence electrons. The molecule has 1 amide bonds. The lowest BCUT2D eigenvalue weighted by Gasteiger charge is -1.99. The number of allylic oxidation sites excluding steroid dienone is 4. The van der Waals surface area contributed by atoms with E-state index in [9.17, 15) is 4.79 Å². The Morgan fingerprint density at radius 2 is 1.89 bits per heavy atom. The number of nitrogens with one attached hydrogen (secondary N) is 1. The van der Waals surface area contributed by atoms with Crippen molar-refractivity contribution in [2.24, 2.45) is 0 Å². The fourth-order valence-corrected chi connectivity index (χ4v) is 2.08. The second-order valence-electron chi connectivity index (χ2n) is 4.08. The molecule has 1 heterocycles. The van der Waals surface area contributed by atoms with Gasteiger partial charge in [0.2, 0.25) is 0 Å². The van der Waals surface area contributed by atoms with Gasteiger partial charge in [-0.15, -0.1) is 0 Å². The van der Waals surface area contributed by atoms with Crippen molar-refractivity contribution >= 4 is 23.6 Å². The summed E-state index contributed by atoms with van der Waals surface area (Å²) in [5, 5.41) is 3.50. The van der Waals surface area contributed by atoms with Gasteiger partial charge in [-0.05, 0) is 36.8 Å². The van der Waals surface area contributed by atoms with Gasteiger partial charge in [0, 0.05) is 21.9 Å². The van der Waals surface area contributed by atoms with Crippen LogP contribution >= 0.6 is 11.6 Å². The molecule has 0 aliphatic carbocycles. The van der Waals surface area contributed by atoms with Crippen molar-refractivity contribution < 1.29 is 4.79 Å². The summed E-state index contributed by atoms with van der Waals surface area (Å²) in [6.45, 7) is 5.55. The highest BCUT2D eigenvalue weighted by Crippen LogP contribution is 2.27. The number of benzene rings is 1. The molecule has 1 aliphatic rings. The Morgan fingerprint density at radius 1 is 1.21 bits per heavy atom. The zero-order chi connectivity index (χ0) is 13.8. The topological polar surface area (TPSA) is 29.1 Å². The van der Waals surface area contributed by atoms with Crippen LogP contribution < -0.4 is 5.32 Å². The van der Waals surface area contributed by atoms with Crippen LogP contribution in [0.25, 0.3) is 6.08 Å². The molecule has 2 rings (SSSR count). The summed E-state index contributed by atoms with van der Waals surface area (Å²) < 4.78 is 0. The van der Waals surface area contributed by atoms with Gasteiger partial charge in [0.25, 0.3) is 5.91 Å². The smallest absolute Gasteiger partial charge is 0.256 e. The first-order valence-electron chi connectivity index (χ1n) is 5.94. The van der Waals surface area contributed by atoms with E-state index in [1.807, 2.05) is 31.2 Å². The van der Waals surface area contributed by atoms with Gasteiger partial charge in [-0.3, -0.25) is 4.79 Å². The maximum absolute atomic E-state index is 12.0. The molecule has 0 radical (unpaired) electrons. The molecular formula is C16H14ClNO. The minimum Gasteiger partial charge on any atom is -0.321 e. The highest BCUT2D eigenvalue weighted by Gasteiger charge is 2.25. The lowest BCUT2D eigenvalue weighted by Crippen LogP contribution is -2.13. The van der Waals surface area contributed by atoms with E-state index >= 15 is 0 Å². The van der Waals surface area contributed by atoms with E-state index in [4.69, 9.17) is 11.6 Å². The fraction of sp³-hybridized carbons (Fsp3) is 0.0625. The number of hydrogen-bond donors (Lipinski definition) is 1. The number of amides is 1. The van der Waals surface area contributed by atoms with Crippen LogP contribution in [0.15, 0.2) is 65.9 Å². The van der Waals surface area contributed by atoms with Crippen molar-refractivity contribution in [2.75, 3.05) is 0 Å². The average molecular weight is 272 g/mol. The van der Waals surface area contributed by atoms with Gasteiger partial charge >= 0.3 is 0 Å². The molecule has 0 bridgehead atoms. The first-order valence-corrected chi connectivity index (χ1v) is 6.32. The minimum atomic E-state index is -0.101. The van der Waals surface area contributed by atoms with Crippen molar-refractivity contribution in [3.8, 4) is 0 Å². The lowest BCUT2D eigenvalue weighted by atomic mass is 10.0. The Kier molecular flexibility index (Phi) is 4.03. The Bertz CT molecular complexity index is 606. The van der Waals surface area contributed by atoms with E-state index in [0.29, 0.717) is 10.6 Å². The van der Waals surface area contributed by atoms with Gasteiger partial charge < -0.3 is 5.32 Å². The summed E-state index contributed by atoms with van der Waals surface area (Å²) in [4.78, 5) is 12.0. The summed E-state index contributed by atoms with van der Waals surface area (Å²) >= 11 is 5.85.